The first-order valence-electron chi connectivity index (χ1n) is 7.20. The second kappa shape index (κ2) is 6.40. The van der Waals surface area contributed by atoms with Crippen LogP contribution in [0.15, 0.2) is 60.7 Å². The average Bonchev–Trinajstić information content (AvgIpc) is 2.59. The summed E-state index contributed by atoms with van der Waals surface area (Å²) in [6, 6.07) is 18.4. The van der Waals surface area contributed by atoms with Crippen LogP contribution in [0.2, 0.25) is 0 Å². The summed E-state index contributed by atoms with van der Waals surface area (Å²) in [5, 5.41) is 10.8. The Kier molecular flexibility index (Phi) is 4.15. The molecule has 0 amide bonds. The number of carboxylic acids is 1. The molecule has 23 heavy (non-hydrogen) atoms. The van der Waals surface area contributed by atoms with Crippen molar-refractivity contribution in [1.82, 2.24) is 0 Å². The Labute approximate surface area is 133 Å². The van der Waals surface area contributed by atoms with Gasteiger partial charge in [0.1, 0.15) is 18.1 Å². The Morgan fingerprint density at radius 2 is 1.78 bits per heavy atom. The van der Waals surface area contributed by atoms with Crippen molar-refractivity contribution in [2.75, 3.05) is 7.11 Å². The molecule has 4 heteroatoms. The van der Waals surface area contributed by atoms with Gasteiger partial charge in [-0.15, -0.1) is 0 Å². The summed E-state index contributed by atoms with van der Waals surface area (Å²) in [6.07, 6.45) is 0. The molecule has 116 valence electrons. The second-order valence-electron chi connectivity index (χ2n) is 5.11. The third kappa shape index (κ3) is 3.11. The van der Waals surface area contributed by atoms with Crippen molar-refractivity contribution in [2.45, 2.75) is 6.61 Å². The van der Waals surface area contributed by atoms with E-state index in [-0.39, 0.29) is 5.56 Å². The maximum absolute atomic E-state index is 11.3. The molecule has 0 heterocycles. The van der Waals surface area contributed by atoms with E-state index in [1.807, 2.05) is 48.5 Å². The van der Waals surface area contributed by atoms with Gasteiger partial charge >= 0.3 is 5.97 Å². The summed E-state index contributed by atoms with van der Waals surface area (Å²) in [4.78, 5) is 11.3. The van der Waals surface area contributed by atoms with Crippen LogP contribution in [0.1, 0.15) is 15.9 Å². The fourth-order valence-electron chi connectivity index (χ4n) is 2.50. The van der Waals surface area contributed by atoms with Gasteiger partial charge in [0, 0.05) is 0 Å². The predicted molar refractivity (Wildman–Crippen MR) is 88.2 cm³/mol. The summed E-state index contributed by atoms with van der Waals surface area (Å²) >= 11 is 0. The van der Waals surface area contributed by atoms with Gasteiger partial charge in [0.15, 0.2) is 0 Å². The van der Waals surface area contributed by atoms with Gasteiger partial charge < -0.3 is 14.6 Å². The van der Waals surface area contributed by atoms with Gasteiger partial charge in [0.2, 0.25) is 0 Å². The van der Waals surface area contributed by atoms with Gasteiger partial charge in [-0.2, -0.15) is 0 Å². The Hall–Kier alpha value is -3.01. The Bertz CT molecular complexity index is 841. The molecule has 0 atom stereocenters. The normalized spacial score (nSPS) is 10.5. The molecule has 0 radical (unpaired) electrons. The molecule has 0 spiro atoms. The number of hydrogen-bond acceptors (Lipinski definition) is 3. The smallest absolute Gasteiger partial charge is 0.335 e. The molecule has 4 nitrogen and oxygen atoms in total. The van der Waals surface area contributed by atoms with Gasteiger partial charge in [-0.1, -0.05) is 42.5 Å². The molecule has 0 aromatic heterocycles. The van der Waals surface area contributed by atoms with Crippen LogP contribution in [-0.4, -0.2) is 18.2 Å². The topological polar surface area (TPSA) is 55.8 Å². The van der Waals surface area contributed by atoms with E-state index in [2.05, 4.69) is 0 Å². The zero-order valence-electron chi connectivity index (χ0n) is 12.7. The van der Waals surface area contributed by atoms with E-state index in [9.17, 15) is 9.90 Å². The van der Waals surface area contributed by atoms with Crippen molar-refractivity contribution >= 4 is 16.7 Å². The first-order chi connectivity index (χ1) is 11.2. The van der Waals surface area contributed by atoms with Crippen molar-refractivity contribution in [3.63, 3.8) is 0 Å². The lowest BCUT2D eigenvalue weighted by molar-refractivity contribution is 0.0696. The van der Waals surface area contributed by atoms with Crippen LogP contribution >= 0.6 is 0 Å². The van der Waals surface area contributed by atoms with Crippen molar-refractivity contribution in [2.24, 2.45) is 0 Å². The van der Waals surface area contributed by atoms with Crippen LogP contribution in [0.3, 0.4) is 0 Å². The number of carbonyl (C=O) groups is 1. The minimum absolute atomic E-state index is 0.189. The Balaban J connectivity index is 2.07. The molecular weight excluding hydrogens is 292 g/mol. The number of ether oxygens (including phenoxy) is 2. The minimum Gasteiger partial charge on any atom is -0.496 e. The van der Waals surface area contributed by atoms with Crippen molar-refractivity contribution in [3.05, 3.63) is 71.8 Å². The third-order valence-corrected chi connectivity index (χ3v) is 3.61. The maximum atomic E-state index is 11.3. The summed E-state index contributed by atoms with van der Waals surface area (Å²) < 4.78 is 11.3. The Morgan fingerprint density at radius 3 is 2.48 bits per heavy atom. The second-order valence-corrected chi connectivity index (χ2v) is 5.11. The maximum Gasteiger partial charge on any atom is 0.335 e. The minimum atomic E-state index is -0.987. The molecule has 3 rings (SSSR count). The van der Waals surface area contributed by atoms with Gasteiger partial charge in [0.25, 0.3) is 0 Å². The van der Waals surface area contributed by atoms with E-state index >= 15 is 0 Å². The number of hydrogen-bond donors (Lipinski definition) is 1. The summed E-state index contributed by atoms with van der Waals surface area (Å²) in [7, 11) is 1.58. The highest BCUT2D eigenvalue weighted by molar-refractivity contribution is 6.00. The van der Waals surface area contributed by atoms with Gasteiger partial charge in [0.05, 0.1) is 18.1 Å². The number of carboxylic acid groups (broad SMARTS) is 1. The van der Waals surface area contributed by atoms with Gasteiger partial charge in [-0.25, -0.2) is 4.79 Å². The molecule has 3 aromatic rings. The van der Waals surface area contributed by atoms with Crippen LogP contribution in [0, 0.1) is 0 Å². The number of benzene rings is 3. The van der Waals surface area contributed by atoms with E-state index in [0.29, 0.717) is 18.1 Å². The monoisotopic (exact) mass is 308 g/mol. The zero-order valence-corrected chi connectivity index (χ0v) is 12.7. The number of aromatic carboxylic acids is 1. The average molecular weight is 308 g/mol. The molecule has 0 bridgehead atoms. The highest BCUT2D eigenvalue weighted by atomic mass is 16.5. The summed E-state index contributed by atoms with van der Waals surface area (Å²) in [5.74, 6) is 0.169. The molecule has 0 fully saturated rings. The molecule has 0 aliphatic heterocycles. The highest BCUT2D eigenvalue weighted by Crippen LogP contribution is 2.35. The largest absolute Gasteiger partial charge is 0.496 e. The van der Waals surface area contributed by atoms with Gasteiger partial charge in [-0.3, -0.25) is 0 Å². The standard InChI is InChI=1S/C19H16O4/c1-22-16-9-5-8-14-10-15(19(20)21)11-17(18(14)16)23-12-13-6-3-2-4-7-13/h2-11H,12H2,1H3,(H,20,21). The molecule has 0 aliphatic rings. The fraction of sp³-hybridized carbons (Fsp3) is 0.105. The van der Waals surface area contributed by atoms with E-state index in [4.69, 9.17) is 9.47 Å². The zero-order chi connectivity index (χ0) is 16.2. The molecule has 3 aromatic carbocycles. The lowest BCUT2D eigenvalue weighted by Gasteiger charge is -2.13. The fourth-order valence-corrected chi connectivity index (χ4v) is 2.50. The third-order valence-electron chi connectivity index (χ3n) is 3.61. The molecule has 0 unspecified atom stereocenters. The van der Waals surface area contributed by atoms with Gasteiger partial charge in [-0.05, 0) is 29.1 Å². The lowest BCUT2D eigenvalue weighted by Crippen LogP contribution is -2.01. The van der Waals surface area contributed by atoms with Crippen molar-refractivity contribution in [3.8, 4) is 11.5 Å². The number of rotatable bonds is 5. The summed E-state index contributed by atoms with van der Waals surface area (Å²) in [6.45, 7) is 0.358. The summed E-state index contributed by atoms with van der Waals surface area (Å²) in [5.41, 5.74) is 1.20. The van der Waals surface area contributed by atoms with Crippen LogP contribution in [0.4, 0.5) is 0 Å². The number of fused-ring (bicyclic) bond motifs is 1. The first kappa shape index (κ1) is 14.9. The van der Waals surface area contributed by atoms with E-state index in [0.717, 1.165) is 16.3 Å². The molecule has 1 N–H and O–H groups in total. The Morgan fingerprint density at radius 1 is 1.00 bits per heavy atom. The molecule has 0 saturated carbocycles. The SMILES string of the molecule is COc1cccc2cc(C(=O)O)cc(OCc3ccccc3)c12. The van der Waals surface area contributed by atoms with Crippen LogP contribution in [0.5, 0.6) is 11.5 Å². The van der Waals surface area contributed by atoms with E-state index in [1.165, 1.54) is 6.07 Å². The van der Waals surface area contributed by atoms with E-state index < -0.39 is 5.97 Å². The lowest BCUT2D eigenvalue weighted by atomic mass is 10.0. The van der Waals surface area contributed by atoms with E-state index in [1.54, 1.807) is 13.2 Å². The van der Waals surface area contributed by atoms with Crippen LogP contribution in [-0.2, 0) is 6.61 Å². The van der Waals surface area contributed by atoms with Crippen LogP contribution < -0.4 is 9.47 Å². The number of methoxy groups -OCH3 is 1. The quantitative estimate of drug-likeness (QED) is 0.770. The van der Waals surface area contributed by atoms with Crippen molar-refractivity contribution in [1.29, 1.82) is 0 Å². The van der Waals surface area contributed by atoms with Crippen molar-refractivity contribution < 1.29 is 19.4 Å². The molecule has 0 saturated heterocycles. The molecule has 0 aliphatic carbocycles. The van der Waals surface area contributed by atoms with Crippen LogP contribution in [0.25, 0.3) is 10.8 Å². The first-order valence-corrected chi connectivity index (χ1v) is 7.20. The predicted octanol–water partition coefficient (Wildman–Crippen LogP) is 4.13. The highest BCUT2D eigenvalue weighted by Gasteiger charge is 2.13. The molecular formula is C19H16O4.